The maximum absolute atomic E-state index is 2.37. The van der Waals surface area contributed by atoms with Crippen molar-refractivity contribution in [2.75, 3.05) is 19.6 Å². The summed E-state index contributed by atoms with van der Waals surface area (Å²) in [6.45, 7) is 0. The van der Waals surface area contributed by atoms with E-state index in [1.54, 1.807) is 0 Å². The Morgan fingerprint density at radius 3 is 0.524 bits per heavy atom. The van der Waals surface area contributed by atoms with Crippen molar-refractivity contribution < 1.29 is 0 Å². The number of hydrogen-bond donors (Lipinski definition) is 0. The average molecular weight is 1320 g/mol. The monoisotopic (exact) mass is 1320 g/mol. The molecule has 19 aromatic rings. The standard InChI is InChI=1S/C54H38N4.C42H31N3/c1-5-17-39(18-6-1)55(45-33-35-53-49(37-45)47-25-13-15-27-51(47)57(53)41-21-9-3-10-22-41)43-29-31-44(32-30-43)56(40-19-7-2-8-20-40)46-34-36-54-50(38-46)48-26-14-16-28-52(48)58(54)42-23-11-4-12-24-42;1-5-15-32(16-6-1)43(33-17-7-2-8-18-33)36-25-27-37(28-26-36)44(34-19-9-3-10-20-34)38-29-30-42-40(31-38)39-23-13-14-24-41(39)45(42)35-21-11-4-12-22-35/h1-38H;1-31H. The molecule has 0 saturated carbocycles. The van der Waals surface area contributed by atoms with E-state index in [1.165, 1.54) is 65.4 Å². The van der Waals surface area contributed by atoms with Crippen LogP contribution in [0.5, 0.6) is 0 Å². The fraction of sp³-hybridized carbons (Fsp3) is 0. The summed E-state index contributed by atoms with van der Waals surface area (Å²) in [6.07, 6.45) is 0. The minimum absolute atomic E-state index is 1.08. The van der Waals surface area contributed by atoms with Gasteiger partial charge in [-0.15, -0.1) is 0 Å². The third-order valence-electron chi connectivity index (χ3n) is 19.6. The van der Waals surface area contributed by atoms with Gasteiger partial charge in [-0.25, -0.2) is 0 Å². The van der Waals surface area contributed by atoms with Crippen LogP contribution in [0.4, 0.5) is 68.2 Å². The van der Waals surface area contributed by atoms with Crippen molar-refractivity contribution in [2.24, 2.45) is 0 Å². The normalized spacial score (nSPS) is 11.3. The van der Waals surface area contributed by atoms with Gasteiger partial charge in [-0.05, 0) is 218 Å². The lowest BCUT2D eigenvalue weighted by molar-refractivity contribution is 1.18. The molecule has 0 bridgehead atoms. The van der Waals surface area contributed by atoms with E-state index in [2.05, 4.69) is 452 Å². The number of anilines is 12. The Kier molecular flexibility index (Phi) is 16.2. The molecule has 3 aromatic heterocycles. The molecule has 0 aliphatic heterocycles. The van der Waals surface area contributed by atoms with Crippen molar-refractivity contribution in [3.63, 3.8) is 0 Å². The maximum atomic E-state index is 2.37. The third-order valence-corrected chi connectivity index (χ3v) is 19.6. The Morgan fingerprint density at radius 2 is 0.291 bits per heavy atom. The lowest BCUT2D eigenvalue weighted by Crippen LogP contribution is -2.12. The molecule has 19 rings (SSSR count). The summed E-state index contributed by atoms with van der Waals surface area (Å²) in [4.78, 5) is 9.35. The molecular formula is C96H69N7. The molecule has 7 nitrogen and oxygen atoms in total. The lowest BCUT2D eigenvalue weighted by Gasteiger charge is -2.28. The van der Waals surface area contributed by atoms with E-state index in [9.17, 15) is 0 Å². The topological polar surface area (TPSA) is 27.8 Å². The van der Waals surface area contributed by atoms with E-state index in [0.29, 0.717) is 0 Å². The highest BCUT2D eigenvalue weighted by molar-refractivity contribution is 6.13. The van der Waals surface area contributed by atoms with Crippen LogP contribution >= 0.6 is 0 Å². The van der Waals surface area contributed by atoms with Crippen molar-refractivity contribution in [3.05, 3.63) is 419 Å². The highest BCUT2D eigenvalue weighted by Crippen LogP contribution is 2.46. The Morgan fingerprint density at radius 1 is 0.126 bits per heavy atom. The van der Waals surface area contributed by atoms with E-state index >= 15 is 0 Å². The number of hydrogen-bond acceptors (Lipinski definition) is 4. The van der Waals surface area contributed by atoms with Crippen LogP contribution in [0.1, 0.15) is 0 Å². The van der Waals surface area contributed by atoms with Gasteiger partial charge in [0.05, 0.1) is 33.1 Å². The van der Waals surface area contributed by atoms with E-state index in [4.69, 9.17) is 0 Å². The second-order valence-corrected chi connectivity index (χ2v) is 25.7. The molecule has 0 unspecified atom stereocenters. The minimum Gasteiger partial charge on any atom is -0.311 e. The van der Waals surface area contributed by atoms with Crippen molar-refractivity contribution in [2.45, 2.75) is 0 Å². The first-order valence-corrected chi connectivity index (χ1v) is 35.1. The number of aromatic nitrogens is 3. The molecule has 0 aliphatic rings. The molecule has 0 spiro atoms. The maximum Gasteiger partial charge on any atom is 0.0542 e. The van der Waals surface area contributed by atoms with E-state index in [-0.39, 0.29) is 0 Å². The predicted molar refractivity (Wildman–Crippen MR) is 435 cm³/mol. The molecule has 0 fully saturated rings. The Balaban J connectivity index is 0.000000152. The van der Waals surface area contributed by atoms with Crippen molar-refractivity contribution >= 4 is 134 Å². The third kappa shape index (κ3) is 11.5. The number of nitrogens with zero attached hydrogens (tertiary/aromatic N) is 7. The van der Waals surface area contributed by atoms with Gasteiger partial charge in [0, 0.05) is 118 Å². The molecule has 0 saturated heterocycles. The molecule has 0 atom stereocenters. The van der Waals surface area contributed by atoms with E-state index < -0.39 is 0 Å². The zero-order valence-corrected chi connectivity index (χ0v) is 56.5. The van der Waals surface area contributed by atoms with E-state index in [1.807, 2.05) is 0 Å². The van der Waals surface area contributed by atoms with E-state index in [0.717, 1.165) is 85.3 Å². The zero-order valence-electron chi connectivity index (χ0n) is 56.5. The van der Waals surface area contributed by atoms with Crippen LogP contribution in [0.15, 0.2) is 419 Å². The molecule has 0 N–H and O–H groups in total. The van der Waals surface area contributed by atoms with Gasteiger partial charge in [0.25, 0.3) is 0 Å². The van der Waals surface area contributed by atoms with Gasteiger partial charge in [0.15, 0.2) is 0 Å². The van der Waals surface area contributed by atoms with Crippen LogP contribution in [0.2, 0.25) is 0 Å². The smallest absolute Gasteiger partial charge is 0.0542 e. The summed E-state index contributed by atoms with van der Waals surface area (Å²) >= 11 is 0. The van der Waals surface area contributed by atoms with Crippen LogP contribution in [0.3, 0.4) is 0 Å². The van der Waals surface area contributed by atoms with Crippen molar-refractivity contribution in [3.8, 4) is 17.1 Å². The van der Waals surface area contributed by atoms with Crippen LogP contribution in [-0.4, -0.2) is 13.7 Å². The summed E-state index contributed by atoms with van der Waals surface area (Å²) in [6, 6.07) is 149. The summed E-state index contributed by atoms with van der Waals surface area (Å²) in [7, 11) is 0. The van der Waals surface area contributed by atoms with Gasteiger partial charge in [0.2, 0.25) is 0 Å². The average Bonchev–Trinajstić information content (AvgIpc) is 1.61. The quantitative estimate of drug-likeness (QED) is 0.102. The first kappa shape index (κ1) is 61.5. The van der Waals surface area contributed by atoms with Crippen LogP contribution in [-0.2, 0) is 0 Å². The van der Waals surface area contributed by atoms with Gasteiger partial charge in [0.1, 0.15) is 0 Å². The Labute approximate surface area is 599 Å². The molecule has 0 amide bonds. The first-order valence-electron chi connectivity index (χ1n) is 35.1. The molecule has 7 heteroatoms. The summed E-state index contributed by atoms with van der Waals surface area (Å²) in [5.74, 6) is 0. The molecule has 0 aliphatic carbocycles. The highest BCUT2D eigenvalue weighted by atomic mass is 15.2. The zero-order chi connectivity index (χ0) is 68.4. The fourth-order valence-electron chi connectivity index (χ4n) is 15.0. The fourth-order valence-corrected chi connectivity index (χ4v) is 15.0. The minimum atomic E-state index is 1.08. The second-order valence-electron chi connectivity index (χ2n) is 25.7. The van der Waals surface area contributed by atoms with Gasteiger partial charge < -0.3 is 33.3 Å². The molecule has 488 valence electrons. The molecular weight excluding hydrogens is 1250 g/mol. The van der Waals surface area contributed by atoms with Crippen molar-refractivity contribution in [1.29, 1.82) is 0 Å². The largest absolute Gasteiger partial charge is 0.311 e. The molecule has 3 heterocycles. The Bertz CT molecular complexity index is 5890. The van der Waals surface area contributed by atoms with Gasteiger partial charge in [-0.1, -0.05) is 200 Å². The Hall–Kier alpha value is -13.9. The van der Waals surface area contributed by atoms with Gasteiger partial charge in [-0.3, -0.25) is 0 Å². The first-order chi connectivity index (χ1) is 51.1. The number of benzene rings is 16. The van der Waals surface area contributed by atoms with Crippen molar-refractivity contribution in [1.82, 2.24) is 13.7 Å². The SMILES string of the molecule is c1ccc(N(c2ccc(N(c3ccccc3)c3ccc4c(c3)c3ccccc3n4-c3ccccc3)cc2)c2ccc3c(c2)c2ccccc2n3-c2ccccc2)cc1.c1ccc(N(c2ccccc2)c2ccc(N(c3ccccc3)c3ccc4c(c3)c3ccccc3n4-c3ccccc3)cc2)cc1. The molecule has 0 radical (unpaired) electrons. The number of fused-ring (bicyclic) bond motifs is 9. The van der Waals surface area contributed by atoms with Gasteiger partial charge >= 0.3 is 0 Å². The number of para-hydroxylation sites is 11. The lowest BCUT2D eigenvalue weighted by atomic mass is 10.1. The summed E-state index contributed by atoms with van der Waals surface area (Å²) in [5.41, 5.74) is 23.8. The van der Waals surface area contributed by atoms with Crippen LogP contribution in [0.25, 0.3) is 82.5 Å². The predicted octanol–water partition coefficient (Wildman–Crippen LogP) is 26.5. The molecule has 103 heavy (non-hydrogen) atoms. The molecule has 16 aromatic carbocycles. The second kappa shape index (κ2) is 27.1. The van der Waals surface area contributed by atoms with Gasteiger partial charge in [-0.2, -0.15) is 0 Å². The highest BCUT2D eigenvalue weighted by Gasteiger charge is 2.23. The summed E-state index contributed by atoms with van der Waals surface area (Å²) in [5, 5.41) is 7.36. The van der Waals surface area contributed by atoms with Crippen LogP contribution < -0.4 is 19.6 Å². The van der Waals surface area contributed by atoms with Crippen LogP contribution in [0, 0.1) is 0 Å². The number of rotatable bonds is 15. The summed E-state index contributed by atoms with van der Waals surface area (Å²) < 4.78 is 7.09.